The van der Waals surface area contributed by atoms with Crippen LogP contribution >= 0.6 is 0 Å². The van der Waals surface area contributed by atoms with E-state index in [2.05, 4.69) is 0 Å². The lowest BCUT2D eigenvalue weighted by Gasteiger charge is -2.19. The van der Waals surface area contributed by atoms with Crippen molar-refractivity contribution in [3.8, 4) is 6.07 Å². The highest BCUT2D eigenvalue weighted by atomic mass is 16.5. The van der Waals surface area contributed by atoms with Crippen LogP contribution in [0.4, 0.5) is 5.69 Å². The molecule has 128 valence electrons. The van der Waals surface area contributed by atoms with Crippen molar-refractivity contribution in [1.29, 1.82) is 5.26 Å². The van der Waals surface area contributed by atoms with E-state index in [0.29, 0.717) is 11.3 Å². The van der Waals surface area contributed by atoms with Crippen molar-refractivity contribution in [3.63, 3.8) is 0 Å². The molecule has 0 fully saturated rings. The lowest BCUT2D eigenvalue weighted by molar-refractivity contribution is -0.121. The van der Waals surface area contributed by atoms with E-state index in [-0.39, 0.29) is 18.0 Å². The monoisotopic (exact) mass is 339 g/mol. The molecule has 0 N–H and O–H groups in total. The van der Waals surface area contributed by atoms with Crippen LogP contribution in [0.25, 0.3) is 0 Å². The molecule has 7 nitrogen and oxygen atoms in total. The number of aromatic nitrogens is 1. The Bertz CT molecular complexity index is 834. The molecule has 2 rings (SSSR count). The molecule has 25 heavy (non-hydrogen) atoms. The Morgan fingerprint density at radius 2 is 1.92 bits per heavy atom. The maximum absolute atomic E-state index is 12.3. The molecule has 1 aromatic carbocycles. The smallest absolute Gasteiger partial charge is 0.355 e. The molecule has 0 atom stereocenters. The minimum absolute atomic E-state index is 0.154. The second kappa shape index (κ2) is 7.93. The van der Waals surface area contributed by atoms with E-state index < -0.39 is 18.5 Å². The molecule has 0 radical (unpaired) electrons. The van der Waals surface area contributed by atoms with Gasteiger partial charge in [-0.25, -0.2) is 4.79 Å². The highest BCUT2D eigenvalue weighted by Gasteiger charge is 2.20. The molecule has 0 saturated heterocycles. The SMILES string of the molecule is CC(=O)c1cc(C(=O)OCC(=O)N(CC#N)c2ccccc2)n(C)c1. The van der Waals surface area contributed by atoms with Crippen LogP contribution in [0.2, 0.25) is 0 Å². The molecule has 1 amide bonds. The van der Waals surface area contributed by atoms with Gasteiger partial charge >= 0.3 is 5.97 Å². The molecule has 0 spiro atoms. The lowest BCUT2D eigenvalue weighted by Crippen LogP contribution is -2.35. The number of hydrogen-bond acceptors (Lipinski definition) is 5. The third kappa shape index (κ3) is 4.32. The molecule has 1 heterocycles. The zero-order chi connectivity index (χ0) is 18.4. The second-order valence-electron chi connectivity index (χ2n) is 5.33. The zero-order valence-corrected chi connectivity index (χ0v) is 13.9. The number of amides is 1. The second-order valence-corrected chi connectivity index (χ2v) is 5.33. The molecule has 0 unspecified atom stereocenters. The highest BCUT2D eigenvalue weighted by molar-refractivity contribution is 5.99. The Morgan fingerprint density at radius 3 is 2.48 bits per heavy atom. The Morgan fingerprint density at radius 1 is 1.24 bits per heavy atom. The number of esters is 1. The number of hydrogen-bond donors (Lipinski definition) is 0. The summed E-state index contributed by atoms with van der Waals surface area (Å²) in [5, 5.41) is 8.91. The summed E-state index contributed by atoms with van der Waals surface area (Å²) in [7, 11) is 1.61. The average Bonchev–Trinajstić information content (AvgIpc) is 3.00. The van der Waals surface area contributed by atoms with Crippen LogP contribution < -0.4 is 4.90 Å². The van der Waals surface area contributed by atoms with Crippen molar-refractivity contribution in [2.75, 3.05) is 18.1 Å². The number of carbonyl (C=O) groups is 3. The Kier molecular flexibility index (Phi) is 5.69. The quantitative estimate of drug-likeness (QED) is 0.455. The van der Waals surface area contributed by atoms with Gasteiger partial charge in [0.15, 0.2) is 12.4 Å². The van der Waals surface area contributed by atoms with Gasteiger partial charge in [0.25, 0.3) is 5.91 Å². The molecule has 2 aromatic rings. The summed E-state index contributed by atoms with van der Waals surface area (Å²) in [4.78, 5) is 37.0. The van der Waals surface area contributed by atoms with Crippen LogP contribution in [0, 0.1) is 11.3 Å². The van der Waals surface area contributed by atoms with Crippen LogP contribution in [0.3, 0.4) is 0 Å². The molecule has 0 bridgehead atoms. The number of Topliss-reactive ketones (excluding diaryl/α,β-unsaturated/α-hetero) is 1. The first kappa shape index (κ1) is 17.9. The molecular formula is C18H17N3O4. The number of para-hydroxylation sites is 1. The minimum Gasteiger partial charge on any atom is -0.451 e. The number of nitriles is 1. The number of ether oxygens (including phenoxy) is 1. The summed E-state index contributed by atoms with van der Waals surface area (Å²) in [5.74, 6) is -1.40. The van der Waals surface area contributed by atoms with Crippen LogP contribution in [0.15, 0.2) is 42.6 Å². The number of rotatable bonds is 6. The minimum atomic E-state index is -0.715. The molecule has 1 aromatic heterocycles. The first-order valence-corrected chi connectivity index (χ1v) is 7.51. The third-order valence-electron chi connectivity index (χ3n) is 3.55. The van der Waals surface area contributed by atoms with Crippen molar-refractivity contribution in [2.24, 2.45) is 7.05 Å². The van der Waals surface area contributed by atoms with Crippen LogP contribution in [-0.4, -0.2) is 35.4 Å². The molecular weight excluding hydrogens is 322 g/mol. The summed E-state index contributed by atoms with van der Waals surface area (Å²) < 4.78 is 6.51. The summed E-state index contributed by atoms with van der Waals surface area (Å²) in [5.41, 5.74) is 1.10. The van der Waals surface area contributed by atoms with E-state index in [9.17, 15) is 14.4 Å². The first-order valence-electron chi connectivity index (χ1n) is 7.51. The number of benzene rings is 1. The maximum atomic E-state index is 12.3. The molecule has 0 saturated carbocycles. The lowest BCUT2D eigenvalue weighted by atomic mass is 10.2. The number of aryl methyl sites for hydroxylation is 1. The van der Waals surface area contributed by atoms with Crippen LogP contribution in [0.5, 0.6) is 0 Å². The zero-order valence-electron chi connectivity index (χ0n) is 13.9. The van der Waals surface area contributed by atoms with Gasteiger partial charge in [0.05, 0.1) is 6.07 Å². The standard InChI is InChI=1S/C18H17N3O4/c1-13(22)14-10-16(20(2)11-14)18(24)25-12-17(23)21(9-8-19)15-6-4-3-5-7-15/h3-7,10-11H,9,12H2,1-2H3. The van der Waals surface area contributed by atoms with Gasteiger partial charge in [-0.3, -0.25) is 14.5 Å². The van der Waals surface area contributed by atoms with Crippen molar-refractivity contribution in [1.82, 2.24) is 4.57 Å². The van der Waals surface area contributed by atoms with Gasteiger partial charge in [0, 0.05) is 24.5 Å². The van der Waals surface area contributed by atoms with E-state index in [1.165, 1.54) is 28.7 Å². The Labute approximate surface area is 145 Å². The van der Waals surface area contributed by atoms with Gasteiger partial charge < -0.3 is 9.30 Å². The molecule has 7 heteroatoms. The number of anilines is 1. The predicted molar refractivity (Wildman–Crippen MR) is 90.1 cm³/mol. The predicted octanol–water partition coefficient (Wildman–Crippen LogP) is 1.94. The van der Waals surface area contributed by atoms with Crippen molar-refractivity contribution in [3.05, 3.63) is 53.9 Å². The Hall–Kier alpha value is -3.40. The topological polar surface area (TPSA) is 92.4 Å². The normalized spacial score (nSPS) is 9.96. The van der Waals surface area contributed by atoms with Gasteiger partial charge in [-0.2, -0.15) is 5.26 Å². The van der Waals surface area contributed by atoms with E-state index in [0.717, 1.165) is 0 Å². The first-order chi connectivity index (χ1) is 11.9. The summed E-state index contributed by atoms with van der Waals surface area (Å²) in [6.45, 7) is 0.739. The van der Waals surface area contributed by atoms with Gasteiger partial charge in [0.2, 0.25) is 0 Å². The molecule has 0 aliphatic heterocycles. The fourth-order valence-corrected chi connectivity index (χ4v) is 2.24. The van der Waals surface area contributed by atoms with Gasteiger partial charge in [-0.05, 0) is 25.1 Å². The average molecular weight is 339 g/mol. The van der Waals surface area contributed by atoms with Gasteiger partial charge in [-0.15, -0.1) is 0 Å². The maximum Gasteiger partial charge on any atom is 0.355 e. The Balaban J connectivity index is 2.06. The fourth-order valence-electron chi connectivity index (χ4n) is 2.24. The van der Waals surface area contributed by atoms with Crippen molar-refractivity contribution in [2.45, 2.75) is 6.92 Å². The molecule has 0 aliphatic carbocycles. The van der Waals surface area contributed by atoms with Crippen LogP contribution in [-0.2, 0) is 16.6 Å². The highest BCUT2D eigenvalue weighted by Crippen LogP contribution is 2.14. The van der Waals surface area contributed by atoms with Gasteiger partial charge in [0.1, 0.15) is 12.2 Å². The summed E-state index contributed by atoms with van der Waals surface area (Å²) >= 11 is 0. The van der Waals surface area contributed by atoms with E-state index in [1.54, 1.807) is 37.4 Å². The third-order valence-corrected chi connectivity index (χ3v) is 3.55. The van der Waals surface area contributed by atoms with Crippen LogP contribution in [0.1, 0.15) is 27.8 Å². The summed E-state index contributed by atoms with van der Waals surface area (Å²) in [6.07, 6.45) is 1.52. The van der Waals surface area contributed by atoms with E-state index in [4.69, 9.17) is 10.00 Å². The number of carbonyl (C=O) groups excluding carboxylic acids is 3. The summed E-state index contributed by atoms with van der Waals surface area (Å²) in [6, 6.07) is 12.0. The van der Waals surface area contributed by atoms with E-state index in [1.807, 2.05) is 6.07 Å². The van der Waals surface area contributed by atoms with E-state index >= 15 is 0 Å². The van der Waals surface area contributed by atoms with Crippen molar-refractivity contribution < 1.29 is 19.1 Å². The van der Waals surface area contributed by atoms with Gasteiger partial charge in [-0.1, -0.05) is 18.2 Å². The number of nitrogens with zero attached hydrogens (tertiary/aromatic N) is 3. The number of ketones is 1. The van der Waals surface area contributed by atoms with Crippen molar-refractivity contribution >= 4 is 23.3 Å². The largest absolute Gasteiger partial charge is 0.451 e. The fraction of sp³-hybridized carbons (Fsp3) is 0.222. The molecule has 0 aliphatic rings.